The summed E-state index contributed by atoms with van der Waals surface area (Å²) < 4.78 is 1.95. The zero-order chi connectivity index (χ0) is 8.39. The molecule has 0 aliphatic heterocycles. The summed E-state index contributed by atoms with van der Waals surface area (Å²) in [6, 6.07) is 3.91. The molecule has 0 aromatic carbocycles. The highest BCUT2D eigenvalue weighted by molar-refractivity contribution is 6.17. The molecule has 0 aliphatic rings. The van der Waals surface area contributed by atoms with Gasteiger partial charge in [0, 0.05) is 18.0 Å². The highest BCUT2D eigenvalue weighted by atomic mass is 35.5. The number of nitrogens with one attached hydrogen (secondary N) is 1. The normalized spacial score (nSPS) is 10.4. The first-order valence-corrected chi connectivity index (χ1v) is 4.17. The Morgan fingerprint density at radius 1 is 1.42 bits per heavy atom. The summed E-state index contributed by atoms with van der Waals surface area (Å²) in [6.45, 7) is 0. The van der Waals surface area contributed by atoms with Gasteiger partial charge in [0.1, 0.15) is 5.82 Å². The van der Waals surface area contributed by atoms with Crippen molar-refractivity contribution in [3.63, 3.8) is 0 Å². The van der Waals surface area contributed by atoms with Gasteiger partial charge < -0.3 is 4.57 Å². The smallest absolute Gasteiger partial charge is 0.136 e. The van der Waals surface area contributed by atoms with Crippen molar-refractivity contribution in [2.24, 2.45) is 0 Å². The van der Waals surface area contributed by atoms with Crippen molar-refractivity contribution >= 4 is 11.6 Å². The number of hydrogen-bond donors (Lipinski definition) is 1. The summed E-state index contributed by atoms with van der Waals surface area (Å²) in [5, 5.41) is 6.81. The minimum absolute atomic E-state index is 0.476. The van der Waals surface area contributed by atoms with Crippen LogP contribution in [0, 0.1) is 0 Å². The van der Waals surface area contributed by atoms with E-state index < -0.39 is 0 Å². The van der Waals surface area contributed by atoms with E-state index in [1.165, 1.54) is 0 Å². The first-order valence-electron chi connectivity index (χ1n) is 3.63. The monoisotopic (exact) mass is 181 g/mol. The lowest BCUT2D eigenvalue weighted by atomic mass is 10.4. The van der Waals surface area contributed by atoms with Crippen LogP contribution in [0.2, 0.25) is 0 Å². The van der Waals surface area contributed by atoms with Crippen LogP contribution in [0.15, 0.2) is 30.7 Å². The molecule has 2 aromatic rings. The van der Waals surface area contributed by atoms with Gasteiger partial charge in [-0.1, -0.05) is 0 Å². The Bertz CT molecular complexity index is 350. The molecule has 2 aromatic heterocycles. The molecule has 0 fully saturated rings. The van der Waals surface area contributed by atoms with Crippen molar-refractivity contribution in [3.8, 4) is 5.82 Å². The lowest BCUT2D eigenvalue weighted by Gasteiger charge is -1.99. The van der Waals surface area contributed by atoms with Crippen LogP contribution in [0.1, 0.15) is 5.56 Å². The Labute approximate surface area is 75.0 Å². The van der Waals surface area contributed by atoms with Gasteiger partial charge in [-0.2, -0.15) is 5.10 Å². The first kappa shape index (κ1) is 7.43. The van der Waals surface area contributed by atoms with E-state index in [0.29, 0.717) is 5.88 Å². The SMILES string of the molecule is ClCc1cn[nH]c1-n1cccc1. The van der Waals surface area contributed by atoms with Crippen LogP contribution in [0.3, 0.4) is 0 Å². The van der Waals surface area contributed by atoms with E-state index in [2.05, 4.69) is 10.2 Å². The van der Waals surface area contributed by atoms with Crippen LogP contribution < -0.4 is 0 Å². The van der Waals surface area contributed by atoms with Crippen LogP contribution in [0.4, 0.5) is 0 Å². The van der Waals surface area contributed by atoms with Crippen molar-refractivity contribution in [2.75, 3.05) is 0 Å². The van der Waals surface area contributed by atoms with Crippen LogP contribution in [-0.2, 0) is 5.88 Å². The van der Waals surface area contributed by atoms with E-state index in [0.717, 1.165) is 11.4 Å². The van der Waals surface area contributed by atoms with E-state index in [4.69, 9.17) is 11.6 Å². The number of rotatable bonds is 2. The standard InChI is InChI=1S/C8H8ClN3/c9-5-7-6-10-11-8(7)12-3-1-2-4-12/h1-4,6H,5H2,(H,10,11). The van der Waals surface area contributed by atoms with Gasteiger partial charge in [0.05, 0.1) is 12.1 Å². The molecular formula is C8H8ClN3. The molecule has 0 spiro atoms. The minimum atomic E-state index is 0.476. The van der Waals surface area contributed by atoms with Gasteiger partial charge in [-0.05, 0) is 12.1 Å². The topological polar surface area (TPSA) is 33.6 Å². The fourth-order valence-corrected chi connectivity index (χ4v) is 1.30. The largest absolute Gasteiger partial charge is 0.309 e. The van der Waals surface area contributed by atoms with Gasteiger partial charge in [-0.3, -0.25) is 5.10 Å². The Morgan fingerprint density at radius 2 is 2.17 bits per heavy atom. The van der Waals surface area contributed by atoms with Gasteiger partial charge in [-0.15, -0.1) is 11.6 Å². The van der Waals surface area contributed by atoms with Gasteiger partial charge in [0.2, 0.25) is 0 Å². The third-order valence-electron chi connectivity index (χ3n) is 1.70. The maximum Gasteiger partial charge on any atom is 0.136 e. The Balaban J connectivity index is 2.46. The molecule has 0 saturated carbocycles. The predicted octanol–water partition coefficient (Wildman–Crippen LogP) is 1.94. The summed E-state index contributed by atoms with van der Waals surface area (Å²) in [5.74, 6) is 1.42. The Hall–Kier alpha value is -1.22. The van der Waals surface area contributed by atoms with Crippen LogP contribution in [0.5, 0.6) is 0 Å². The van der Waals surface area contributed by atoms with Crippen molar-refractivity contribution in [3.05, 3.63) is 36.3 Å². The lowest BCUT2D eigenvalue weighted by Crippen LogP contribution is -1.93. The molecule has 0 atom stereocenters. The maximum atomic E-state index is 5.72. The summed E-state index contributed by atoms with van der Waals surface area (Å²) in [6.07, 6.45) is 5.63. The highest BCUT2D eigenvalue weighted by Crippen LogP contribution is 2.12. The molecule has 12 heavy (non-hydrogen) atoms. The van der Waals surface area contributed by atoms with Crippen molar-refractivity contribution in [1.82, 2.24) is 14.8 Å². The molecule has 0 unspecified atom stereocenters. The zero-order valence-corrected chi connectivity index (χ0v) is 7.12. The molecule has 2 heterocycles. The van der Waals surface area contributed by atoms with Crippen LogP contribution in [0.25, 0.3) is 5.82 Å². The number of aromatic amines is 1. The van der Waals surface area contributed by atoms with Gasteiger partial charge in [0.15, 0.2) is 0 Å². The number of aromatic nitrogens is 3. The third-order valence-corrected chi connectivity index (χ3v) is 1.99. The molecule has 62 valence electrons. The fourth-order valence-electron chi connectivity index (χ4n) is 1.11. The van der Waals surface area contributed by atoms with E-state index in [1.54, 1.807) is 6.20 Å². The summed E-state index contributed by atoms with van der Waals surface area (Å²) >= 11 is 5.72. The molecular weight excluding hydrogens is 174 g/mol. The lowest BCUT2D eigenvalue weighted by molar-refractivity contribution is 0.959. The van der Waals surface area contributed by atoms with E-state index in [9.17, 15) is 0 Å². The minimum Gasteiger partial charge on any atom is -0.309 e. The Kier molecular flexibility index (Phi) is 1.87. The molecule has 1 N–H and O–H groups in total. The summed E-state index contributed by atoms with van der Waals surface area (Å²) in [4.78, 5) is 0. The van der Waals surface area contributed by atoms with E-state index in [1.807, 2.05) is 29.1 Å². The molecule has 0 radical (unpaired) electrons. The number of hydrogen-bond acceptors (Lipinski definition) is 1. The number of alkyl halides is 1. The number of nitrogens with zero attached hydrogens (tertiary/aromatic N) is 2. The Morgan fingerprint density at radius 3 is 2.83 bits per heavy atom. The first-order chi connectivity index (χ1) is 5.92. The second-order valence-corrected chi connectivity index (χ2v) is 2.74. The second kappa shape index (κ2) is 3.03. The number of halogens is 1. The van der Waals surface area contributed by atoms with E-state index in [-0.39, 0.29) is 0 Å². The van der Waals surface area contributed by atoms with Gasteiger partial charge in [-0.25, -0.2) is 0 Å². The maximum absolute atomic E-state index is 5.72. The van der Waals surface area contributed by atoms with Crippen LogP contribution >= 0.6 is 11.6 Å². The molecule has 4 heteroatoms. The van der Waals surface area contributed by atoms with Crippen molar-refractivity contribution in [2.45, 2.75) is 5.88 Å². The molecule has 0 bridgehead atoms. The summed E-state index contributed by atoms with van der Waals surface area (Å²) in [5.41, 5.74) is 1.01. The number of H-pyrrole nitrogens is 1. The fraction of sp³-hybridized carbons (Fsp3) is 0.125. The highest BCUT2D eigenvalue weighted by Gasteiger charge is 2.03. The summed E-state index contributed by atoms with van der Waals surface area (Å²) in [7, 11) is 0. The predicted molar refractivity (Wildman–Crippen MR) is 47.5 cm³/mol. The van der Waals surface area contributed by atoms with E-state index >= 15 is 0 Å². The molecule has 0 saturated heterocycles. The average Bonchev–Trinajstić information content (AvgIpc) is 2.74. The molecule has 3 nitrogen and oxygen atoms in total. The van der Waals surface area contributed by atoms with Crippen molar-refractivity contribution < 1.29 is 0 Å². The second-order valence-electron chi connectivity index (χ2n) is 2.47. The average molecular weight is 182 g/mol. The van der Waals surface area contributed by atoms with Gasteiger partial charge in [0.25, 0.3) is 0 Å². The molecule has 0 aliphatic carbocycles. The molecule has 2 rings (SSSR count). The zero-order valence-electron chi connectivity index (χ0n) is 6.37. The third kappa shape index (κ3) is 1.12. The van der Waals surface area contributed by atoms with Crippen molar-refractivity contribution in [1.29, 1.82) is 0 Å². The van der Waals surface area contributed by atoms with Gasteiger partial charge >= 0.3 is 0 Å². The molecule has 0 amide bonds. The quantitative estimate of drug-likeness (QED) is 0.706. The van der Waals surface area contributed by atoms with Crippen LogP contribution in [-0.4, -0.2) is 14.8 Å².